The molecule has 1 amide bonds. The van der Waals surface area contributed by atoms with E-state index in [1.807, 2.05) is 33.0 Å². The number of sulfonamides is 1. The number of amides is 1. The fourth-order valence-corrected chi connectivity index (χ4v) is 7.09. The molecule has 0 bridgehead atoms. The first-order chi connectivity index (χ1) is 18.6. The van der Waals surface area contributed by atoms with Crippen molar-refractivity contribution in [1.82, 2.24) is 9.62 Å². The van der Waals surface area contributed by atoms with Gasteiger partial charge in [0.05, 0.1) is 13.2 Å². The summed E-state index contributed by atoms with van der Waals surface area (Å²) >= 11 is 0. The molecule has 0 atom stereocenters. The number of amidine groups is 1. The quantitative estimate of drug-likeness (QED) is 0.326. The van der Waals surface area contributed by atoms with E-state index < -0.39 is 15.6 Å². The minimum atomic E-state index is -3.59. The standard InChI is InChI=1S/C30H46N4O4S/c1-23-19-25(31-4)20-24(2)26(23)12-18-39(36,37)34-16-14-30(15-17-34)28(35)32-27(33-30)11-9-7-5-6-8-10-13-29(3)21-38-22-29/h12,18-20,31H,5-11,13-17,21-22H2,1-4H3,(H,32,33,35). The Morgan fingerprint density at radius 1 is 1.05 bits per heavy atom. The Hall–Kier alpha value is -2.23. The van der Waals surface area contributed by atoms with Crippen molar-refractivity contribution in [3.05, 3.63) is 34.2 Å². The highest BCUT2D eigenvalue weighted by molar-refractivity contribution is 7.92. The first-order valence-corrected chi connectivity index (χ1v) is 16.0. The van der Waals surface area contributed by atoms with Crippen molar-refractivity contribution in [3.63, 3.8) is 0 Å². The summed E-state index contributed by atoms with van der Waals surface area (Å²) in [5.41, 5.74) is 3.55. The number of nitrogens with zero attached hydrogens (tertiary/aromatic N) is 2. The summed E-state index contributed by atoms with van der Waals surface area (Å²) in [6, 6.07) is 4.01. The Bertz CT molecular complexity index is 1170. The summed E-state index contributed by atoms with van der Waals surface area (Å²) < 4.78 is 33.0. The van der Waals surface area contributed by atoms with Gasteiger partial charge in [-0.15, -0.1) is 0 Å². The van der Waals surface area contributed by atoms with E-state index in [0.29, 0.717) is 31.3 Å². The van der Waals surface area contributed by atoms with Crippen molar-refractivity contribution in [1.29, 1.82) is 0 Å². The summed E-state index contributed by atoms with van der Waals surface area (Å²) in [6.45, 7) is 8.68. The third kappa shape index (κ3) is 7.30. The maximum atomic E-state index is 13.1. The predicted molar refractivity (Wildman–Crippen MR) is 158 cm³/mol. The Balaban J connectivity index is 1.22. The third-order valence-electron chi connectivity index (χ3n) is 8.57. The molecule has 9 heteroatoms. The van der Waals surface area contributed by atoms with Crippen LogP contribution in [0.5, 0.6) is 0 Å². The molecule has 1 aromatic carbocycles. The van der Waals surface area contributed by atoms with Gasteiger partial charge in [-0.2, -0.15) is 4.31 Å². The molecular weight excluding hydrogens is 512 g/mol. The summed E-state index contributed by atoms with van der Waals surface area (Å²) in [5.74, 6) is 0.694. The van der Waals surface area contributed by atoms with Crippen molar-refractivity contribution in [2.75, 3.05) is 38.7 Å². The van der Waals surface area contributed by atoms with E-state index in [1.165, 1.54) is 41.8 Å². The van der Waals surface area contributed by atoms with Crippen molar-refractivity contribution in [2.24, 2.45) is 10.4 Å². The lowest BCUT2D eigenvalue weighted by Crippen LogP contribution is -2.50. The number of benzene rings is 1. The minimum absolute atomic E-state index is 0.0746. The van der Waals surface area contributed by atoms with Crippen molar-refractivity contribution in [2.45, 2.75) is 90.5 Å². The van der Waals surface area contributed by atoms with E-state index in [4.69, 9.17) is 9.73 Å². The molecule has 2 saturated heterocycles. The number of hydrogen-bond donors (Lipinski definition) is 2. The molecule has 1 spiro atoms. The second-order valence-electron chi connectivity index (χ2n) is 12.0. The fraction of sp³-hybridized carbons (Fsp3) is 0.667. The van der Waals surface area contributed by atoms with Gasteiger partial charge in [0.2, 0.25) is 10.0 Å². The van der Waals surface area contributed by atoms with E-state index in [0.717, 1.165) is 60.7 Å². The Morgan fingerprint density at radius 3 is 2.26 bits per heavy atom. The number of rotatable bonds is 13. The number of unbranched alkanes of at least 4 members (excludes halogenated alkanes) is 5. The van der Waals surface area contributed by atoms with Gasteiger partial charge in [0, 0.05) is 43.1 Å². The Kier molecular flexibility index (Phi) is 9.55. The third-order valence-corrected chi connectivity index (χ3v) is 10.1. The van der Waals surface area contributed by atoms with Crippen LogP contribution in [0.25, 0.3) is 6.08 Å². The molecule has 8 nitrogen and oxygen atoms in total. The molecule has 3 aliphatic heterocycles. The van der Waals surface area contributed by atoms with Gasteiger partial charge in [-0.25, -0.2) is 8.42 Å². The number of aliphatic imine (C=N–C) groups is 1. The molecule has 39 heavy (non-hydrogen) atoms. The maximum absolute atomic E-state index is 13.1. The lowest BCUT2D eigenvalue weighted by atomic mass is 9.83. The fourth-order valence-electron chi connectivity index (χ4n) is 5.92. The topological polar surface area (TPSA) is 100 Å². The van der Waals surface area contributed by atoms with E-state index in [1.54, 1.807) is 6.08 Å². The summed E-state index contributed by atoms with van der Waals surface area (Å²) in [5, 5.41) is 7.41. The zero-order valence-corrected chi connectivity index (χ0v) is 25.0. The monoisotopic (exact) mass is 558 g/mol. The largest absolute Gasteiger partial charge is 0.388 e. The van der Waals surface area contributed by atoms with Crippen LogP contribution in [-0.2, 0) is 19.6 Å². The van der Waals surface area contributed by atoms with Gasteiger partial charge in [-0.05, 0) is 74.4 Å². The second kappa shape index (κ2) is 12.5. The molecular formula is C30H46N4O4S. The number of hydrogen-bond acceptors (Lipinski definition) is 6. The summed E-state index contributed by atoms with van der Waals surface area (Å²) in [4.78, 5) is 17.7. The zero-order valence-electron chi connectivity index (χ0n) is 24.1. The molecule has 0 saturated carbocycles. The normalized spacial score (nSPS) is 20.7. The van der Waals surface area contributed by atoms with Gasteiger partial charge in [0.25, 0.3) is 5.91 Å². The first kappa shape index (κ1) is 29.7. The smallest absolute Gasteiger partial charge is 0.253 e. The van der Waals surface area contributed by atoms with Gasteiger partial charge in [-0.1, -0.05) is 39.0 Å². The summed E-state index contributed by atoms with van der Waals surface area (Å²) in [6.07, 6.45) is 11.7. The van der Waals surface area contributed by atoms with E-state index in [9.17, 15) is 13.2 Å². The van der Waals surface area contributed by atoms with Gasteiger partial charge in [-0.3, -0.25) is 9.79 Å². The highest BCUT2D eigenvalue weighted by atomic mass is 32.2. The Morgan fingerprint density at radius 2 is 1.67 bits per heavy atom. The van der Waals surface area contributed by atoms with Gasteiger partial charge < -0.3 is 15.4 Å². The molecule has 3 aliphatic rings. The van der Waals surface area contributed by atoms with E-state index in [-0.39, 0.29) is 5.91 Å². The van der Waals surface area contributed by atoms with E-state index in [2.05, 4.69) is 17.6 Å². The van der Waals surface area contributed by atoms with Crippen LogP contribution >= 0.6 is 0 Å². The zero-order chi connectivity index (χ0) is 28.1. The highest BCUT2D eigenvalue weighted by Gasteiger charge is 2.46. The molecule has 4 rings (SSSR count). The van der Waals surface area contributed by atoms with Gasteiger partial charge in [0.1, 0.15) is 11.4 Å². The number of piperidine rings is 1. The number of ether oxygens (including phenoxy) is 1. The number of aryl methyl sites for hydroxylation is 2. The minimum Gasteiger partial charge on any atom is -0.388 e. The molecule has 0 radical (unpaired) electrons. The number of anilines is 1. The summed E-state index contributed by atoms with van der Waals surface area (Å²) in [7, 11) is -1.72. The average Bonchev–Trinajstić information content (AvgIpc) is 3.18. The van der Waals surface area contributed by atoms with Crippen LogP contribution in [0, 0.1) is 19.3 Å². The number of nitrogens with one attached hydrogen (secondary N) is 2. The maximum Gasteiger partial charge on any atom is 0.253 e. The first-order valence-electron chi connectivity index (χ1n) is 14.5. The molecule has 1 aromatic rings. The van der Waals surface area contributed by atoms with Crippen LogP contribution in [0.3, 0.4) is 0 Å². The molecule has 0 aliphatic carbocycles. The number of carbonyl (C=O) groups excluding carboxylic acids is 1. The van der Waals surface area contributed by atoms with Crippen LogP contribution in [0.4, 0.5) is 5.69 Å². The van der Waals surface area contributed by atoms with Crippen molar-refractivity contribution < 1.29 is 17.9 Å². The lowest BCUT2D eigenvalue weighted by Gasteiger charge is -2.38. The highest BCUT2D eigenvalue weighted by Crippen LogP contribution is 2.33. The molecule has 216 valence electrons. The van der Waals surface area contributed by atoms with Crippen LogP contribution < -0.4 is 10.6 Å². The predicted octanol–water partition coefficient (Wildman–Crippen LogP) is 5.17. The Labute approximate surface area is 234 Å². The average molecular weight is 559 g/mol. The molecule has 0 aromatic heterocycles. The molecule has 3 heterocycles. The molecule has 2 fully saturated rings. The molecule has 0 unspecified atom stereocenters. The van der Waals surface area contributed by atoms with Crippen molar-refractivity contribution in [3.8, 4) is 0 Å². The second-order valence-corrected chi connectivity index (χ2v) is 13.8. The van der Waals surface area contributed by atoms with Crippen LogP contribution in [0.1, 0.15) is 87.8 Å². The lowest BCUT2D eigenvalue weighted by molar-refractivity contribution is -0.124. The van der Waals surface area contributed by atoms with Gasteiger partial charge >= 0.3 is 0 Å². The van der Waals surface area contributed by atoms with Crippen LogP contribution in [-0.4, -0.2) is 63.4 Å². The number of carbonyl (C=O) groups is 1. The van der Waals surface area contributed by atoms with Gasteiger partial charge in [0.15, 0.2) is 0 Å². The molecule has 2 N–H and O–H groups in total. The SMILES string of the molecule is CNc1cc(C)c(C=CS(=O)(=O)N2CCC3(CC2)N=C(CCCCCCCCC2(C)COC2)NC3=O)c(C)c1. The van der Waals surface area contributed by atoms with Crippen LogP contribution in [0.15, 0.2) is 22.5 Å². The van der Waals surface area contributed by atoms with Crippen molar-refractivity contribution >= 4 is 33.5 Å². The van der Waals surface area contributed by atoms with E-state index >= 15 is 0 Å². The van der Waals surface area contributed by atoms with Crippen LogP contribution in [0.2, 0.25) is 0 Å².